The number of amides is 1. The molecule has 24 heavy (non-hydrogen) atoms. The van der Waals surface area contributed by atoms with E-state index < -0.39 is 0 Å². The maximum atomic E-state index is 13.1. The summed E-state index contributed by atoms with van der Waals surface area (Å²) in [5.41, 5.74) is 2.14. The average Bonchev–Trinajstić information content (AvgIpc) is 3.01. The van der Waals surface area contributed by atoms with Crippen molar-refractivity contribution >= 4 is 5.91 Å². The van der Waals surface area contributed by atoms with Crippen LogP contribution in [-0.4, -0.2) is 22.6 Å². The summed E-state index contributed by atoms with van der Waals surface area (Å²) in [5.74, 6) is 0.528. The van der Waals surface area contributed by atoms with E-state index in [0.29, 0.717) is 30.2 Å². The first-order chi connectivity index (χ1) is 11.6. The molecule has 0 saturated heterocycles. The quantitative estimate of drug-likeness (QED) is 0.782. The second-order valence-corrected chi connectivity index (χ2v) is 5.36. The van der Waals surface area contributed by atoms with E-state index in [0.717, 1.165) is 11.1 Å². The lowest BCUT2D eigenvalue weighted by Gasteiger charge is -2.06. The Bertz CT molecular complexity index is 843. The predicted octanol–water partition coefficient (Wildman–Crippen LogP) is 3.16. The van der Waals surface area contributed by atoms with E-state index in [2.05, 4.69) is 15.5 Å². The van der Waals surface area contributed by atoms with E-state index in [1.54, 1.807) is 37.3 Å². The van der Waals surface area contributed by atoms with Crippen molar-refractivity contribution in [3.05, 3.63) is 71.3 Å². The summed E-state index contributed by atoms with van der Waals surface area (Å²) in [6, 6.07) is 13.3. The van der Waals surface area contributed by atoms with Crippen LogP contribution in [0.1, 0.15) is 21.7 Å². The number of aryl methyl sites for hydroxylation is 1. The van der Waals surface area contributed by atoms with Gasteiger partial charge in [0.25, 0.3) is 11.8 Å². The molecule has 3 rings (SSSR count). The van der Waals surface area contributed by atoms with Crippen LogP contribution in [0.4, 0.5) is 4.39 Å². The second kappa shape index (κ2) is 7.04. The Balaban J connectivity index is 1.57. The van der Waals surface area contributed by atoms with Crippen molar-refractivity contribution in [2.24, 2.45) is 0 Å². The van der Waals surface area contributed by atoms with Gasteiger partial charge < -0.3 is 9.84 Å². The number of rotatable bonds is 5. The number of nitrogens with zero attached hydrogens (tertiary/aromatic N) is 2. The molecule has 5 nitrogen and oxygen atoms in total. The zero-order valence-corrected chi connectivity index (χ0v) is 13.1. The van der Waals surface area contributed by atoms with Crippen molar-refractivity contribution in [2.75, 3.05) is 6.54 Å². The number of benzene rings is 2. The third-order valence-electron chi connectivity index (χ3n) is 3.51. The normalized spacial score (nSPS) is 10.6. The molecule has 0 bridgehead atoms. The molecule has 0 aliphatic rings. The maximum Gasteiger partial charge on any atom is 0.257 e. The van der Waals surface area contributed by atoms with Gasteiger partial charge >= 0.3 is 0 Å². The van der Waals surface area contributed by atoms with Gasteiger partial charge in [-0.1, -0.05) is 17.3 Å². The Morgan fingerprint density at radius 3 is 2.67 bits per heavy atom. The number of hydrogen-bond acceptors (Lipinski definition) is 4. The first kappa shape index (κ1) is 15.9. The van der Waals surface area contributed by atoms with Gasteiger partial charge in [-0.3, -0.25) is 4.79 Å². The zero-order chi connectivity index (χ0) is 16.9. The molecule has 0 fully saturated rings. The van der Waals surface area contributed by atoms with Crippen LogP contribution in [0.25, 0.3) is 11.5 Å². The summed E-state index contributed by atoms with van der Waals surface area (Å²) in [6.07, 6.45) is 0.572. The topological polar surface area (TPSA) is 68.0 Å². The second-order valence-electron chi connectivity index (χ2n) is 5.36. The lowest BCUT2D eigenvalue weighted by atomic mass is 10.1. The van der Waals surface area contributed by atoms with Crippen LogP contribution >= 0.6 is 0 Å². The first-order valence-corrected chi connectivity index (χ1v) is 7.55. The summed E-state index contributed by atoms with van der Waals surface area (Å²) in [6.45, 7) is 2.18. The number of aromatic nitrogens is 2. The van der Waals surface area contributed by atoms with Crippen LogP contribution < -0.4 is 5.32 Å². The molecule has 0 saturated carbocycles. The molecule has 6 heteroatoms. The van der Waals surface area contributed by atoms with Crippen LogP contribution in [-0.2, 0) is 6.42 Å². The molecule has 0 spiro atoms. The molecule has 1 amide bonds. The number of hydrogen-bond donors (Lipinski definition) is 1. The van der Waals surface area contributed by atoms with E-state index in [1.807, 2.05) is 6.07 Å². The van der Waals surface area contributed by atoms with Crippen molar-refractivity contribution in [1.82, 2.24) is 15.5 Å². The Hall–Kier alpha value is -3.02. The van der Waals surface area contributed by atoms with Gasteiger partial charge in [0.1, 0.15) is 5.82 Å². The fraction of sp³-hybridized carbons (Fsp3) is 0.167. The Labute approximate surface area is 138 Å². The fourth-order valence-electron chi connectivity index (χ4n) is 2.29. The highest BCUT2D eigenvalue weighted by atomic mass is 19.1. The van der Waals surface area contributed by atoms with Gasteiger partial charge in [-0.25, -0.2) is 4.39 Å². The molecule has 0 aliphatic carbocycles. The van der Waals surface area contributed by atoms with Crippen molar-refractivity contribution in [3.8, 4) is 11.5 Å². The summed E-state index contributed by atoms with van der Waals surface area (Å²) in [5, 5.41) is 6.55. The standard InChI is InChI=1S/C18H16FN3O2/c1-12-21-18(24-22-12)15-7-5-14(6-8-15)17(23)20-10-9-13-3-2-4-16(19)11-13/h2-8,11H,9-10H2,1H3,(H,20,23). The van der Waals surface area contributed by atoms with Crippen molar-refractivity contribution in [3.63, 3.8) is 0 Å². The molecule has 3 aromatic rings. The molecule has 2 aromatic carbocycles. The zero-order valence-electron chi connectivity index (χ0n) is 13.1. The minimum Gasteiger partial charge on any atom is -0.352 e. The minimum absolute atomic E-state index is 0.181. The smallest absolute Gasteiger partial charge is 0.257 e. The number of carbonyl (C=O) groups excluding carboxylic acids is 1. The van der Waals surface area contributed by atoms with Gasteiger partial charge in [0, 0.05) is 17.7 Å². The molecule has 1 aromatic heterocycles. The highest BCUT2D eigenvalue weighted by molar-refractivity contribution is 5.94. The molecule has 1 N–H and O–H groups in total. The van der Waals surface area contributed by atoms with Crippen molar-refractivity contribution in [2.45, 2.75) is 13.3 Å². The Kier molecular flexibility index (Phi) is 4.65. The Morgan fingerprint density at radius 1 is 1.21 bits per heavy atom. The van der Waals surface area contributed by atoms with Crippen LogP contribution in [0.15, 0.2) is 53.1 Å². The number of carbonyl (C=O) groups is 1. The van der Waals surface area contributed by atoms with Gasteiger partial charge in [-0.05, 0) is 55.3 Å². The minimum atomic E-state index is -0.273. The third kappa shape index (κ3) is 3.84. The summed E-state index contributed by atoms with van der Waals surface area (Å²) in [7, 11) is 0. The average molecular weight is 325 g/mol. The first-order valence-electron chi connectivity index (χ1n) is 7.55. The molecule has 0 radical (unpaired) electrons. The number of halogens is 1. The highest BCUT2D eigenvalue weighted by Crippen LogP contribution is 2.17. The molecule has 1 heterocycles. The SMILES string of the molecule is Cc1noc(-c2ccc(C(=O)NCCc3cccc(F)c3)cc2)n1. The van der Waals surface area contributed by atoms with E-state index in [-0.39, 0.29) is 11.7 Å². The van der Waals surface area contributed by atoms with Crippen molar-refractivity contribution < 1.29 is 13.7 Å². The van der Waals surface area contributed by atoms with Gasteiger partial charge in [0.15, 0.2) is 5.82 Å². The van der Waals surface area contributed by atoms with E-state index in [9.17, 15) is 9.18 Å². The summed E-state index contributed by atoms with van der Waals surface area (Å²) in [4.78, 5) is 16.3. The van der Waals surface area contributed by atoms with Gasteiger partial charge in [0.05, 0.1) is 0 Å². The monoisotopic (exact) mass is 325 g/mol. The van der Waals surface area contributed by atoms with E-state index in [4.69, 9.17) is 4.52 Å². The van der Waals surface area contributed by atoms with Crippen LogP contribution in [0.2, 0.25) is 0 Å². The molecule has 0 unspecified atom stereocenters. The third-order valence-corrected chi connectivity index (χ3v) is 3.51. The predicted molar refractivity (Wildman–Crippen MR) is 86.9 cm³/mol. The summed E-state index contributed by atoms with van der Waals surface area (Å²) >= 11 is 0. The van der Waals surface area contributed by atoms with E-state index >= 15 is 0 Å². The van der Waals surface area contributed by atoms with Crippen LogP contribution in [0, 0.1) is 12.7 Å². The molecule has 0 aliphatic heterocycles. The lowest BCUT2D eigenvalue weighted by Crippen LogP contribution is -2.25. The van der Waals surface area contributed by atoms with Gasteiger partial charge in [-0.2, -0.15) is 4.98 Å². The van der Waals surface area contributed by atoms with Gasteiger partial charge in [-0.15, -0.1) is 0 Å². The molecule has 0 atom stereocenters. The Morgan fingerprint density at radius 2 is 2.00 bits per heavy atom. The van der Waals surface area contributed by atoms with Gasteiger partial charge in [0.2, 0.25) is 0 Å². The highest BCUT2D eigenvalue weighted by Gasteiger charge is 2.09. The molecular weight excluding hydrogens is 309 g/mol. The largest absolute Gasteiger partial charge is 0.352 e. The molecular formula is C18H16FN3O2. The van der Waals surface area contributed by atoms with Crippen LogP contribution in [0.5, 0.6) is 0 Å². The van der Waals surface area contributed by atoms with Crippen molar-refractivity contribution in [1.29, 1.82) is 0 Å². The summed E-state index contributed by atoms with van der Waals surface area (Å²) < 4.78 is 18.2. The lowest BCUT2D eigenvalue weighted by molar-refractivity contribution is 0.0954. The number of nitrogens with one attached hydrogen (secondary N) is 1. The maximum absolute atomic E-state index is 13.1. The fourth-order valence-corrected chi connectivity index (χ4v) is 2.29. The van der Waals surface area contributed by atoms with Crippen LogP contribution in [0.3, 0.4) is 0 Å². The molecule has 122 valence electrons. The van der Waals surface area contributed by atoms with E-state index in [1.165, 1.54) is 12.1 Å².